The van der Waals surface area contributed by atoms with Crippen LogP contribution < -0.4 is 16.4 Å². The SMILES string of the molecule is CN(C)CCNC(=O)c1ccc(CNC(=O)c2ccc(CN)cc2)cc1.Cl.Cl. The van der Waals surface area contributed by atoms with E-state index in [4.69, 9.17) is 5.73 Å². The van der Waals surface area contributed by atoms with Crippen molar-refractivity contribution in [2.75, 3.05) is 27.2 Å². The second-order valence-electron chi connectivity index (χ2n) is 6.34. The van der Waals surface area contributed by atoms with Crippen LogP contribution in [0.15, 0.2) is 48.5 Å². The zero-order valence-electron chi connectivity index (χ0n) is 16.1. The number of amides is 2. The second kappa shape index (κ2) is 13.1. The first-order valence-corrected chi connectivity index (χ1v) is 8.58. The summed E-state index contributed by atoms with van der Waals surface area (Å²) in [6.45, 7) is 2.26. The Balaban J connectivity index is 0.00000364. The third-order valence-electron chi connectivity index (χ3n) is 3.97. The molecule has 0 aliphatic rings. The fraction of sp³-hybridized carbons (Fsp3) is 0.300. The molecule has 2 aromatic carbocycles. The molecule has 6 nitrogen and oxygen atoms in total. The first-order valence-electron chi connectivity index (χ1n) is 8.58. The Morgan fingerprint density at radius 3 is 1.75 bits per heavy atom. The summed E-state index contributed by atoms with van der Waals surface area (Å²) in [6, 6.07) is 14.4. The van der Waals surface area contributed by atoms with E-state index in [9.17, 15) is 9.59 Å². The van der Waals surface area contributed by atoms with Crippen molar-refractivity contribution in [3.8, 4) is 0 Å². The van der Waals surface area contributed by atoms with Crippen LogP contribution >= 0.6 is 24.8 Å². The normalized spacial score (nSPS) is 9.86. The maximum absolute atomic E-state index is 12.2. The van der Waals surface area contributed by atoms with Crippen LogP contribution in [0.2, 0.25) is 0 Å². The number of nitrogens with one attached hydrogen (secondary N) is 2. The molecule has 2 aromatic rings. The second-order valence-corrected chi connectivity index (χ2v) is 6.34. The summed E-state index contributed by atoms with van der Waals surface area (Å²) >= 11 is 0. The predicted molar refractivity (Wildman–Crippen MR) is 117 cm³/mol. The minimum Gasteiger partial charge on any atom is -0.351 e. The van der Waals surface area contributed by atoms with Crippen molar-refractivity contribution in [1.29, 1.82) is 0 Å². The number of carbonyl (C=O) groups excluding carboxylic acids is 2. The molecular weight excluding hydrogens is 399 g/mol. The summed E-state index contributed by atoms with van der Waals surface area (Å²) in [5, 5.41) is 5.74. The van der Waals surface area contributed by atoms with Crippen molar-refractivity contribution >= 4 is 36.6 Å². The van der Waals surface area contributed by atoms with E-state index in [1.54, 1.807) is 24.3 Å². The summed E-state index contributed by atoms with van der Waals surface area (Å²) < 4.78 is 0. The first kappa shape index (κ1) is 25.9. The van der Waals surface area contributed by atoms with E-state index >= 15 is 0 Å². The van der Waals surface area contributed by atoms with Crippen molar-refractivity contribution in [3.05, 3.63) is 70.8 Å². The monoisotopic (exact) mass is 426 g/mol. The summed E-state index contributed by atoms with van der Waals surface area (Å²) in [5.41, 5.74) is 8.68. The van der Waals surface area contributed by atoms with Crippen molar-refractivity contribution in [1.82, 2.24) is 15.5 Å². The van der Waals surface area contributed by atoms with Gasteiger partial charge in [-0.2, -0.15) is 0 Å². The molecule has 154 valence electrons. The number of carbonyl (C=O) groups is 2. The lowest BCUT2D eigenvalue weighted by Gasteiger charge is -2.11. The lowest BCUT2D eigenvalue weighted by atomic mass is 10.1. The van der Waals surface area contributed by atoms with Crippen LogP contribution in [0.1, 0.15) is 31.8 Å². The number of rotatable bonds is 8. The highest BCUT2D eigenvalue weighted by molar-refractivity contribution is 5.95. The summed E-state index contributed by atoms with van der Waals surface area (Å²) in [7, 11) is 3.92. The lowest BCUT2D eigenvalue weighted by molar-refractivity contribution is 0.0941. The molecule has 0 aromatic heterocycles. The number of nitrogens with two attached hydrogens (primary N) is 1. The maximum Gasteiger partial charge on any atom is 0.251 e. The Bertz CT molecular complexity index is 735. The van der Waals surface area contributed by atoms with Crippen molar-refractivity contribution < 1.29 is 9.59 Å². The zero-order valence-corrected chi connectivity index (χ0v) is 17.7. The summed E-state index contributed by atoms with van der Waals surface area (Å²) in [5.74, 6) is -0.235. The van der Waals surface area contributed by atoms with Crippen molar-refractivity contribution in [3.63, 3.8) is 0 Å². The van der Waals surface area contributed by atoms with Crippen LogP contribution in [0.4, 0.5) is 0 Å². The molecule has 8 heteroatoms. The molecular formula is C20H28Cl2N4O2. The molecule has 0 heterocycles. The minimum absolute atomic E-state index is 0. The highest BCUT2D eigenvalue weighted by Crippen LogP contribution is 2.07. The van der Waals surface area contributed by atoms with Crippen LogP contribution in [-0.2, 0) is 13.1 Å². The Hall–Kier alpha value is -2.12. The van der Waals surface area contributed by atoms with Gasteiger partial charge in [-0.3, -0.25) is 9.59 Å². The van der Waals surface area contributed by atoms with Gasteiger partial charge >= 0.3 is 0 Å². The van der Waals surface area contributed by atoms with E-state index in [-0.39, 0.29) is 36.6 Å². The average Bonchev–Trinajstić information content (AvgIpc) is 2.66. The summed E-state index contributed by atoms with van der Waals surface area (Å²) in [6.07, 6.45) is 0. The molecule has 0 aliphatic carbocycles. The lowest BCUT2D eigenvalue weighted by Crippen LogP contribution is -2.31. The third kappa shape index (κ3) is 8.27. The Labute approximate surface area is 178 Å². The molecule has 0 saturated carbocycles. The van der Waals surface area contributed by atoms with Gasteiger partial charge in [-0.25, -0.2) is 0 Å². The quantitative estimate of drug-likeness (QED) is 0.603. The Morgan fingerprint density at radius 1 is 0.821 bits per heavy atom. The van der Waals surface area contributed by atoms with Crippen molar-refractivity contribution in [2.45, 2.75) is 13.1 Å². The first-order chi connectivity index (χ1) is 12.5. The average molecular weight is 427 g/mol. The molecule has 4 N–H and O–H groups in total. The molecule has 28 heavy (non-hydrogen) atoms. The van der Waals surface area contributed by atoms with Gasteiger partial charge in [0, 0.05) is 37.3 Å². The maximum atomic E-state index is 12.2. The minimum atomic E-state index is -0.140. The van der Waals surface area contributed by atoms with Gasteiger partial charge in [0.15, 0.2) is 0 Å². The molecule has 0 unspecified atom stereocenters. The molecule has 0 spiro atoms. The van der Waals surface area contributed by atoms with Crippen LogP contribution in [0.5, 0.6) is 0 Å². The van der Waals surface area contributed by atoms with Gasteiger partial charge in [-0.15, -0.1) is 24.8 Å². The molecule has 0 bridgehead atoms. The number of benzene rings is 2. The highest BCUT2D eigenvalue weighted by atomic mass is 35.5. The highest BCUT2D eigenvalue weighted by Gasteiger charge is 2.07. The number of likely N-dealkylation sites (N-methyl/N-ethyl adjacent to an activating group) is 1. The number of hydrogen-bond acceptors (Lipinski definition) is 4. The molecule has 0 saturated heterocycles. The van der Waals surface area contributed by atoms with Gasteiger partial charge in [0.25, 0.3) is 11.8 Å². The Kier molecular flexibility index (Phi) is 12.1. The molecule has 0 aliphatic heterocycles. The van der Waals surface area contributed by atoms with E-state index in [0.717, 1.165) is 17.7 Å². The number of hydrogen-bond donors (Lipinski definition) is 3. The van der Waals surface area contributed by atoms with E-state index in [1.807, 2.05) is 43.3 Å². The zero-order chi connectivity index (χ0) is 18.9. The van der Waals surface area contributed by atoms with Gasteiger partial charge in [0.1, 0.15) is 0 Å². The summed E-state index contributed by atoms with van der Waals surface area (Å²) in [4.78, 5) is 26.2. The molecule has 2 rings (SSSR count). The van der Waals surface area contributed by atoms with Crippen molar-refractivity contribution in [2.24, 2.45) is 5.73 Å². The molecule has 0 fully saturated rings. The largest absolute Gasteiger partial charge is 0.351 e. The predicted octanol–water partition coefficient (Wildman–Crippen LogP) is 2.21. The van der Waals surface area contributed by atoms with Crippen LogP contribution in [-0.4, -0.2) is 43.9 Å². The van der Waals surface area contributed by atoms with E-state index in [1.165, 1.54) is 0 Å². The number of halogens is 2. The molecule has 0 atom stereocenters. The topological polar surface area (TPSA) is 87.5 Å². The molecule has 2 amide bonds. The van der Waals surface area contributed by atoms with Gasteiger partial charge in [0.05, 0.1) is 0 Å². The fourth-order valence-electron chi connectivity index (χ4n) is 2.35. The van der Waals surface area contributed by atoms with E-state index in [0.29, 0.717) is 30.8 Å². The van der Waals surface area contributed by atoms with Gasteiger partial charge in [-0.05, 0) is 49.5 Å². The fourth-order valence-corrected chi connectivity index (χ4v) is 2.35. The van der Waals surface area contributed by atoms with Crippen LogP contribution in [0.3, 0.4) is 0 Å². The van der Waals surface area contributed by atoms with Crippen LogP contribution in [0.25, 0.3) is 0 Å². The molecule has 0 radical (unpaired) electrons. The standard InChI is InChI=1S/C20H26N4O2.2ClH/c1-24(2)12-11-22-19(25)17-9-5-16(6-10-17)14-23-20(26)18-7-3-15(13-21)4-8-18;;/h3-10H,11-14,21H2,1-2H3,(H,22,25)(H,23,26);2*1H. The van der Waals surface area contributed by atoms with Gasteiger partial charge < -0.3 is 21.3 Å². The van der Waals surface area contributed by atoms with E-state index < -0.39 is 0 Å². The van der Waals surface area contributed by atoms with Crippen LogP contribution in [0, 0.1) is 0 Å². The smallest absolute Gasteiger partial charge is 0.251 e. The van der Waals surface area contributed by atoms with Gasteiger partial charge in [0.2, 0.25) is 0 Å². The van der Waals surface area contributed by atoms with Gasteiger partial charge in [-0.1, -0.05) is 24.3 Å². The third-order valence-corrected chi connectivity index (χ3v) is 3.97. The number of nitrogens with zero attached hydrogens (tertiary/aromatic N) is 1. The van der Waals surface area contributed by atoms with E-state index in [2.05, 4.69) is 10.6 Å². The Morgan fingerprint density at radius 2 is 1.29 bits per heavy atom.